The molecule has 0 aromatic carbocycles. The van der Waals surface area contributed by atoms with Gasteiger partial charge in [0.1, 0.15) is 0 Å². The summed E-state index contributed by atoms with van der Waals surface area (Å²) in [6, 6.07) is 0. The van der Waals surface area contributed by atoms with E-state index in [1.807, 2.05) is 0 Å². The van der Waals surface area contributed by atoms with Crippen LogP contribution in [0.1, 0.15) is 27.7 Å². The summed E-state index contributed by atoms with van der Waals surface area (Å²) in [5, 5.41) is 0. The maximum Gasteiger partial charge on any atom is 0.0523 e. The first-order valence-electron chi connectivity index (χ1n) is 3.78. The lowest BCUT2D eigenvalue weighted by molar-refractivity contribution is -0.0169. The Kier molecular flexibility index (Phi) is 1.80. The summed E-state index contributed by atoms with van der Waals surface area (Å²) in [6.45, 7) is 10.3. The first-order chi connectivity index (χ1) is 4.41. The van der Waals surface area contributed by atoms with Crippen LogP contribution >= 0.6 is 0 Å². The highest BCUT2D eigenvalue weighted by molar-refractivity contribution is 4.98. The van der Waals surface area contributed by atoms with Gasteiger partial charge in [0.05, 0.1) is 13.2 Å². The van der Waals surface area contributed by atoms with E-state index in [2.05, 4.69) is 34.1 Å². The van der Waals surface area contributed by atoms with Crippen molar-refractivity contribution in [1.82, 2.24) is 0 Å². The van der Waals surface area contributed by atoms with Gasteiger partial charge in [0.2, 0.25) is 0 Å². The van der Waals surface area contributed by atoms with Crippen LogP contribution in [0, 0.1) is 17.3 Å². The Labute approximate surface area is 63.8 Å². The van der Waals surface area contributed by atoms with Gasteiger partial charge in [-0.2, -0.15) is 0 Å². The Morgan fingerprint density at radius 2 is 1.40 bits per heavy atom. The summed E-state index contributed by atoms with van der Waals surface area (Å²) in [6.07, 6.45) is 3.51. The Bertz CT molecular complexity index is 111. The van der Waals surface area contributed by atoms with Crippen LogP contribution in [-0.2, 0) is 4.74 Å². The Morgan fingerprint density at radius 1 is 1.00 bits per heavy atom. The van der Waals surface area contributed by atoms with Crippen LogP contribution in [0.4, 0.5) is 0 Å². The predicted octanol–water partition coefficient (Wildman–Crippen LogP) is 2.15. The summed E-state index contributed by atoms with van der Waals surface area (Å²) in [5.41, 5.74) is 0.281. The van der Waals surface area contributed by atoms with Gasteiger partial charge in [-0.3, -0.25) is 0 Å². The Balaban J connectivity index is 2.56. The second-order valence-electron chi connectivity index (χ2n) is 4.39. The zero-order valence-electron chi connectivity index (χ0n) is 7.32. The van der Waals surface area contributed by atoms with Crippen molar-refractivity contribution in [2.75, 3.05) is 13.2 Å². The average Bonchev–Trinajstić information content (AvgIpc) is 1.56. The molecule has 1 saturated heterocycles. The Hall–Kier alpha value is -0.0400. The number of rotatable bonds is 0. The van der Waals surface area contributed by atoms with Crippen molar-refractivity contribution in [3.05, 3.63) is 6.42 Å². The van der Waals surface area contributed by atoms with Gasteiger partial charge in [-0.05, 0) is 17.3 Å². The average molecular weight is 140 g/mol. The molecule has 1 fully saturated rings. The highest BCUT2D eigenvalue weighted by atomic mass is 16.5. The molecule has 0 aromatic rings. The molecule has 0 atom stereocenters. The van der Waals surface area contributed by atoms with E-state index in [4.69, 9.17) is 4.74 Å². The molecular formula is C9H16O. The van der Waals surface area contributed by atoms with E-state index >= 15 is 0 Å². The normalized spacial score (nSPS) is 30.0. The van der Waals surface area contributed by atoms with Crippen molar-refractivity contribution < 1.29 is 4.74 Å². The highest BCUT2D eigenvalue weighted by Crippen LogP contribution is 2.36. The molecule has 0 spiro atoms. The summed E-state index contributed by atoms with van der Waals surface area (Å²) in [5.74, 6) is 0. The molecule has 1 heterocycles. The molecule has 0 aromatic heterocycles. The lowest BCUT2D eigenvalue weighted by atomic mass is 9.74. The van der Waals surface area contributed by atoms with Crippen LogP contribution in [0.25, 0.3) is 0 Å². The number of ether oxygens (including phenoxy) is 1. The molecule has 58 valence electrons. The van der Waals surface area contributed by atoms with Gasteiger partial charge in [-0.15, -0.1) is 0 Å². The zero-order chi connectivity index (χ0) is 7.83. The molecule has 0 bridgehead atoms. The predicted molar refractivity (Wildman–Crippen MR) is 41.6 cm³/mol. The van der Waals surface area contributed by atoms with Gasteiger partial charge >= 0.3 is 0 Å². The standard InChI is InChI=1S/C9H16O/c1-8(2)5-9(3,4)7-10-6-8/h6-7H2,1-4H3. The van der Waals surface area contributed by atoms with E-state index < -0.39 is 0 Å². The van der Waals surface area contributed by atoms with Crippen LogP contribution in [0.15, 0.2) is 0 Å². The van der Waals surface area contributed by atoms with Gasteiger partial charge in [0.15, 0.2) is 0 Å². The molecule has 0 N–H and O–H groups in total. The van der Waals surface area contributed by atoms with E-state index in [0.717, 1.165) is 13.2 Å². The van der Waals surface area contributed by atoms with E-state index in [1.54, 1.807) is 0 Å². The molecule has 1 rings (SSSR count). The maximum absolute atomic E-state index is 5.44. The van der Waals surface area contributed by atoms with Crippen molar-refractivity contribution in [1.29, 1.82) is 0 Å². The second-order valence-corrected chi connectivity index (χ2v) is 4.39. The second kappa shape index (κ2) is 2.23. The van der Waals surface area contributed by atoms with E-state index in [9.17, 15) is 0 Å². The number of hydrogen-bond donors (Lipinski definition) is 0. The van der Waals surface area contributed by atoms with Gasteiger partial charge in [0.25, 0.3) is 0 Å². The van der Waals surface area contributed by atoms with E-state index in [0.29, 0.717) is 0 Å². The topological polar surface area (TPSA) is 9.23 Å². The molecule has 1 aliphatic heterocycles. The van der Waals surface area contributed by atoms with Gasteiger partial charge in [-0.1, -0.05) is 27.7 Å². The number of hydrogen-bond acceptors (Lipinski definition) is 1. The molecule has 0 aliphatic carbocycles. The quantitative estimate of drug-likeness (QED) is 0.501. The molecule has 0 unspecified atom stereocenters. The fraction of sp³-hybridized carbons (Fsp3) is 0.889. The van der Waals surface area contributed by atoms with Crippen molar-refractivity contribution in [3.63, 3.8) is 0 Å². The van der Waals surface area contributed by atoms with Crippen molar-refractivity contribution in [2.45, 2.75) is 27.7 Å². The molecule has 1 heteroatoms. The smallest absolute Gasteiger partial charge is 0.0523 e. The van der Waals surface area contributed by atoms with Gasteiger partial charge in [-0.25, -0.2) is 0 Å². The molecule has 0 saturated carbocycles. The molecular weight excluding hydrogens is 124 g/mol. The van der Waals surface area contributed by atoms with E-state index in [-0.39, 0.29) is 10.8 Å². The van der Waals surface area contributed by atoms with Crippen LogP contribution in [0.3, 0.4) is 0 Å². The van der Waals surface area contributed by atoms with Gasteiger partial charge < -0.3 is 4.74 Å². The zero-order valence-corrected chi connectivity index (χ0v) is 7.32. The minimum atomic E-state index is 0.141. The highest BCUT2D eigenvalue weighted by Gasteiger charge is 2.34. The SMILES string of the molecule is CC1(C)[C]C(C)(C)COC1. The summed E-state index contributed by atoms with van der Waals surface area (Å²) in [4.78, 5) is 0. The fourth-order valence-corrected chi connectivity index (χ4v) is 1.55. The lowest BCUT2D eigenvalue weighted by Crippen LogP contribution is -2.37. The van der Waals surface area contributed by atoms with Crippen molar-refractivity contribution >= 4 is 0 Å². The summed E-state index contributed by atoms with van der Waals surface area (Å²) in [7, 11) is 0. The molecule has 1 nitrogen and oxygen atoms in total. The monoisotopic (exact) mass is 140 g/mol. The third kappa shape index (κ3) is 1.98. The van der Waals surface area contributed by atoms with Crippen molar-refractivity contribution in [3.8, 4) is 0 Å². The summed E-state index contributed by atoms with van der Waals surface area (Å²) >= 11 is 0. The van der Waals surface area contributed by atoms with Crippen LogP contribution < -0.4 is 0 Å². The van der Waals surface area contributed by atoms with Gasteiger partial charge in [0, 0.05) is 0 Å². The largest absolute Gasteiger partial charge is 0.380 e. The Morgan fingerprint density at radius 3 is 1.60 bits per heavy atom. The minimum Gasteiger partial charge on any atom is -0.380 e. The van der Waals surface area contributed by atoms with E-state index in [1.165, 1.54) is 0 Å². The van der Waals surface area contributed by atoms with Crippen LogP contribution in [0.2, 0.25) is 0 Å². The maximum atomic E-state index is 5.44. The molecule has 0 amide bonds. The lowest BCUT2D eigenvalue weighted by Gasteiger charge is -2.39. The fourth-order valence-electron chi connectivity index (χ4n) is 1.55. The van der Waals surface area contributed by atoms with Crippen molar-refractivity contribution in [2.24, 2.45) is 10.8 Å². The molecule has 1 aliphatic rings. The van der Waals surface area contributed by atoms with Crippen LogP contribution in [-0.4, -0.2) is 13.2 Å². The minimum absolute atomic E-state index is 0.141. The first-order valence-corrected chi connectivity index (χ1v) is 3.78. The molecule has 2 radical (unpaired) electrons. The third-order valence-corrected chi connectivity index (χ3v) is 1.60. The summed E-state index contributed by atoms with van der Waals surface area (Å²) < 4.78 is 5.44. The third-order valence-electron chi connectivity index (χ3n) is 1.60. The van der Waals surface area contributed by atoms with Crippen LogP contribution in [0.5, 0.6) is 0 Å². The molecule has 10 heavy (non-hydrogen) atoms. The first kappa shape index (κ1) is 8.06.